The molecule has 0 aromatic heterocycles. The minimum Gasteiger partial charge on any atom is -0.497 e. The van der Waals surface area contributed by atoms with Crippen molar-refractivity contribution in [2.24, 2.45) is 11.7 Å². The number of hydrogen-bond acceptors (Lipinski definition) is 3. The van der Waals surface area contributed by atoms with Crippen molar-refractivity contribution >= 4 is 0 Å². The van der Waals surface area contributed by atoms with E-state index in [1.807, 2.05) is 12.1 Å². The highest BCUT2D eigenvalue weighted by Crippen LogP contribution is 2.11. The molecule has 0 saturated carbocycles. The van der Waals surface area contributed by atoms with Crippen LogP contribution in [0.25, 0.3) is 0 Å². The summed E-state index contributed by atoms with van der Waals surface area (Å²) in [4.78, 5) is 0. The standard InChI is InChI=1S/C14H24N2O/c1-3-12(10-15)11-16-9-8-13-4-6-14(17-2)7-5-13/h4-7,12,16H,3,8-11,15H2,1-2H3. The molecule has 0 amide bonds. The van der Waals surface area contributed by atoms with Gasteiger partial charge in [-0.3, -0.25) is 0 Å². The predicted molar refractivity (Wildman–Crippen MR) is 72.4 cm³/mol. The smallest absolute Gasteiger partial charge is 0.118 e. The second-order valence-electron chi connectivity index (χ2n) is 4.31. The van der Waals surface area contributed by atoms with E-state index in [0.717, 1.165) is 38.2 Å². The van der Waals surface area contributed by atoms with Crippen LogP contribution < -0.4 is 15.8 Å². The number of nitrogens with two attached hydrogens (primary N) is 1. The van der Waals surface area contributed by atoms with E-state index in [0.29, 0.717) is 5.92 Å². The molecule has 1 unspecified atom stereocenters. The van der Waals surface area contributed by atoms with E-state index >= 15 is 0 Å². The second kappa shape index (κ2) is 8.09. The van der Waals surface area contributed by atoms with Gasteiger partial charge >= 0.3 is 0 Å². The van der Waals surface area contributed by atoms with Crippen LogP contribution in [0.2, 0.25) is 0 Å². The van der Waals surface area contributed by atoms with Crippen LogP contribution in [0.1, 0.15) is 18.9 Å². The molecule has 1 aromatic rings. The number of benzene rings is 1. The third-order valence-electron chi connectivity index (χ3n) is 3.09. The molecule has 3 nitrogen and oxygen atoms in total. The van der Waals surface area contributed by atoms with E-state index < -0.39 is 0 Å². The first-order valence-electron chi connectivity index (χ1n) is 6.33. The molecule has 0 radical (unpaired) electrons. The maximum Gasteiger partial charge on any atom is 0.118 e. The summed E-state index contributed by atoms with van der Waals surface area (Å²) in [5.74, 6) is 1.52. The molecule has 0 bridgehead atoms. The van der Waals surface area contributed by atoms with Gasteiger partial charge in [0, 0.05) is 0 Å². The minimum atomic E-state index is 0.603. The van der Waals surface area contributed by atoms with Crippen LogP contribution in [-0.4, -0.2) is 26.7 Å². The third-order valence-corrected chi connectivity index (χ3v) is 3.09. The number of rotatable bonds is 8. The minimum absolute atomic E-state index is 0.603. The topological polar surface area (TPSA) is 47.3 Å². The molecule has 0 aliphatic heterocycles. The Morgan fingerprint density at radius 2 is 2.00 bits per heavy atom. The van der Waals surface area contributed by atoms with Crippen LogP contribution in [0.4, 0.5) is 0 Å². The monoisotopic (exact) mass is 236 g/mol. The van der Waals surface area contributed by atoms with Crippen molar-refractivity contribution in [2.75, 3.05) is 26.7 Å². The van der Waals surface area contributed by atoms with Crippen molar-refractivity contribution in [1.82, 2.24) is 5.32 Å². The largest absolute Gasteiger partial charge is 0.497 e. The molecule has 17 heavy (non-hydrogen) atoms. The van der Waals surface area contributed by atoms with Gasteiger partial charge in [-0.15, -0.1) is 0 Å². The SMILES string of the molecule is CCC(CN)CNCCc1ccc(OC)cc1. The predicted octanol–water partition coefficient (Wildman–Crippen LogP) is 1.81. The molecule has 0 spiro atoms. The highest BCUT2D eigenvalue weighted by atomic mass is 16.5. The van der Waals surface area contributed by atoms with Gasteiger partial charge in [-0.25, -0.2) is 0 Å². The number of methoxy groups -OCH3 is 1. The molecule has 0 aliphatic carbocycles. The number of ether oxygens (including phenoxy) is 1. The Bertz CT molecular complexity index is 294. The van der Waals surface area contributed by atoms with E-state index in [9.17, 15) is 0 Å². The average Bonchev–Trinajstić information content (AvgIpc) is 2.40. The van der Waals surface area contributed by atoms with Crippen LogP contribution in [0.5, 0.6) is 5.75 Å². The normalized spacial score (nSPS) is 12.4. The van der Waals surface area contributed by atoms with Crippen LogP contribution in [0, 0.1) is 5.92 Å². The van der Waals surface area contributed by atoms with Gasteiger partial charge in [0.25, 0.3) is 0 Å². The molecule has 1 aromatic carbocycles. The van der Waals surface area contributed by atoms with E-state index in [1.54, 1.807) is 7.11 Å². The summed E-state index contributed by atoms with van der Waals surface area (Å²) in [6.07, 6.45) is 2.19. The summed E-state index contributed by atoms with van der Waals surface area (Å²) in [5.41, 5.74) is 6.99. The Hall–Kier alpha value is -1.06. The van der Waals surface area contributed by atoms with Gasteiger partial charge in [0.15, 0.2) is 0 Å². The summed E-state index contributed by atoms with van der Waals surface area (Å²) in [5, 5.41) is 3.45. The van der Waals surface area contributed by atoms with Gasteiger partial charge in [0.1, 0.15) is 5.75 Å². The Kier molecular flexibility index (Phi) is 6.67. The maximum atomic E-state index is 5.65. The van der Waals surface area contributed by atoms with Gasteiger partial charge < -0.3 is 15.8 Å². The third kappa shape index (κ3) is 5.20. The Morgan fingerprint density at radius 3 is 2.53 bits per heavy atom. The molecule has 3 heteroatoms. The molecule has 0 aliphatic rings. The zero-order valence-corrected chi connectivity index (χ0v) is 10.9. The lowest BCUT2D eigenvalue weighted by Gasteiger charge is -2.13. The van der Waals surface area contributed by atoms with E-state index in [2.05, 4.69) is 24.4 Å². The van der Waals surface area contributed by atoms with Gasteiger partial charge in [0.2, 0.25) is 0 Å². The Balaban J connectivity index is 2.21. The van der Waals surface area contributed by atoms with Crippen LogP contribution in [0.15, 0.2) is 24.3 Å². The van der Waals surface area contributed by atoms with Crippen LogP contribution in [-0.2, 0) is 6.42 Å². The molecule has 1 rings (SSSR count). The quantitative estimate of drug-likeness (QED) is 0.677. The summed E-state index contributed by atoms with van der Waals surface area (Å²) in [6, 6.07) is 8.23. The summed E-state index contributed by atoms with van der Waals surface area (Å²) < 4.78 is 5.13. The fourth-order valence-corrected chi connectivity index (χ4v) is 1.73. The van der Waals surface area contributed by atoms with Crippen molar-refractivity contribution in [1.29, 1.82) is 0 Å². The summed E-state index contributed by atoms with van der Waals surface area (Å²) in [7, 11) is 1.69. The highest BCUT2D eigenvalue weighted by molar-refractivity contribution is 5.27. The molecule has 0 heterocycles. The first-order chi connectivity index (χ1) is 8.30. The van der Waals surface area contributed by atoms with Crippen molar-refractivity contribution in [2.45, 2.75) is 19.8 Å². The number of hydrogen-bond donors (Lipinski definition) is 2. The van der Waals surface area contributed by atoms with Crippen molar-refractivity contribution < 1.29 is 4.74 Å². The lowest BCUT2D eigenvalue weighted by atomic mass is 10.1. The maximum absolute atomic E-state index is 5.65. The van der Waals surface area contributed by atoms with E-state index in [1.165, 1.54) is 5.56 Å². The van der Waals surface area contributed by atoms with E-state index in [-0.39, 0.29) is 0 Å². The lowest BCUT2D eigenvalue weighted by molar-refractivity contribution is 0.414. The molecule has 0 saturated heterocycles. The molecular weight excluding hydrogens is 212 g/mol. The zero-order valence-electron chi connectivity index (χ0n) is 10.9. The summed E-state index contributed by atoms with van der Waals surface area (Å²) in [6.45, 7) is 4.97. The molecule has 1 atom stereocenters. The van der Waals surface area contributed by atoms with Crippen molar-refractivity contribution in [3.63, 3.8) is 0 Å². The van der Waals surface area contributed by atoms with Crippen LogP contribution >= 0.6 is 0 Å². The molecule has 96 valence electrons. The first-order valence-corrected chi connectivity index (χ1v) is 6.33. The van der Waals surface area contributed by atoms with Gasteiger partial charge in [-0.1, -0.05) is 25.5 Å². The average molecular weight is 236 g/mol. The molecule has 3 N–H and O–H groups in total. The Labute approximate surface area is 104 Å². The van der Waals surface area contributed by atoms with Crippen molar-refractivity contribution in [3.05, 3.63) is 29.8 Å². The van der Waals surface area contributed by atoms with Gasteiger partial charge in [-0.2, -0.15) is 0 Å². The Morgan fingerprint density at radius 1 is 1.29 bits per heavy atom. The highest BCUT2D eigenvalue weighted by Gasteiger charge is 2.02. The van der Waals surface area contributed by atoms with Gasteiger partial charge in [-0.05, 0) is 49.7 Å². The van der Waals surface area contributed by atoms with E-state index in [4.69, 9.17) is 10.5 Å². The molecular formula is C14H24N2O. The number of nitrogens with one attached hydrogen (secondary N) is 1. The first kappa shape index (κ1) is 14.0. The van der Waals surface area contributed by atoms with Crippen LogP contribution in [0.3, 0.4) is 0 Å². The lowest BCUT2D eigenvalue weighted by Crippen LogP contribution is -2.29. The van der Waals surface area contributed by atoms with Gasteiger partial charge in [0.05, 0.1) is 7.11 Å². The fourth-order valence-electron chi connectivity index (χ4n) is 1.73. The molecule has 0 fully saturated rings. The fraction of sp³-hybridized carbons (Fsp3) is 0.571. The summed E-state index contributed by atoms with van der Waals surface area (Å²) >= 11 is 0. The second-order valence-corrected chi connectivity index (χ2v) is 4.31. The zero-order chi connectivity index (χ0) is 12.5. The van der Waals surface area contributed by atoms with Crippen molar-refractivity contribution in [3.8, 4) is 5.75 Å².